The van der Waals surface area contributed by atoms with E-state index in [-0.39, 0.29) is 0 Å². The fraction of sp³-hybridized carbons (Fsp3) is 1.00. The molecule has 0 saturated heterocycles. The van der Waals surface area contributed by atoms with E-state index in [2.05, 4.69) is 6.92 Å². The third kappa shape index (κ3) is 1.81. The minimum atomic E-state index is 0.563. The van der Waals surface area contributed by atoms with Crippen LogP contribution in [-0.2, 0) is 0 Å². The van der Waals surface area contributed by atoms with Gasteiger partial charge in [0.2, 0.25) is 0 Å². The zero-order valence-electron chi connectivity index (χ0n) is 10.7. The molecule has 1 nitrogen and oxygen atoms in total. The van der Waals surface area contributed by atoms with Crippen LogP contribution >= 0.6 is 0 Å². The quantitative estimate of drug-likeness (QED) is 0.774. The summed E-state index contributed by atoms with van der Waals surface area (Å²) >= 11 is 0. The van der Waals surface area contributed by atoms with Crippen molar-refractivity contribution in [3.63, 3.8) is 0 Å². The third-order valence-electron chi connectivity index (χ3n) is 5.93. The molecule has 3 atom stereocenters. The van der Waals surface area contributed by atoms with E-state index in [1.165, 1.54) is 51.4 Å². The zero-order chi connectivity index (χ0) is 11.1. The Morgan fingerprint density at radius 3 is 2.19 bits per heavy atom. The molecule has 0 spiro atoms. The first-order chi connectivity index (χ1) is 7.81. The highest BCUT2D eigenvalue weighted by molar-refractivity contribution is 5.07. The predicted octanol–water partition coefficient (Wildman–Crippen LogP) is 3.58. The van der Waals surface area contributed by atoms with Gasteiger partial charge in [0.15, 0.2) is 0 Å². The van der Waals surface area contributed by atoms with Crippen LogP contribution in [-0.4, -0.2) is 6.04 Å². The molecular weight excluding hydrogens is 194 g/mol. The first-order valence-corrected chi connectivity index (χ1v) is 7.56. The standard InChI is InChI=1S/C15H27N/c1-2-10-6-8-11(9-7-10)15(16)14-12-4-3-5-13(12)14/h10-15H,2-9,16H2,1H3. The minimum Gasteiger partial charge on any atom is -0.327 e. The van der Waals surface area contributed by atoms with Crippen molar-refractivity contribution in [2.24, 2.45) is 35.3 Å². The van der Waals surface area contributed by atoms with Gasteiger partial charge in [-0.2, -0.15) is 0 Å². The highest BCUT2D eigenvalue weighted by atomic mass is 14.8. The molecule has 3 saturated carbocycles. The van der Waals surface area contributed by atoms with Gasteiger partial charge in [-0.25, -0.2) is 0 Å². The van der Waals surface area contributed by atoms with Crippen molar-refractivity contribution in [2.75, 3.05) is 0 Å². The average molecular weight is 221 g/mol. The summed E-state index contributed by atoms with van der Waals surface area (Å²) in [5.74, 6) is 4.94. The molecule has 92 valence electrons. The van der Waals surface area contributed by atoms with Crippen molar-refractivity contribution in [1.29, 1.82) is 0 Å². The molecule has 2 N–H and O–H groups in total. The van der Waals surface area contributed by atoms with Crippen LogP contribution in [0.1, 0.15) is 58.3 Å². The number of fused-ring (bicyclic) bond motifs is 1. The van der Waals surface area contributed by atoms with E-state index < -0.39 is 0 Å². The maximum Gasteiger partial charge on any atom is 0.0101 e. The van der Waals surface area contributed by atoms with Gasteiger partial charge in [-0.1, -0.05) is 32.6 Å². The van der Waals surface area contributed by atoms with Crippen molar-refractivity contribution in [3.05, 3.63) is 0 Å². The Bertz CT molecular complexity index is 232. The van der Waals surface area contributed by atoms with Gasteiger partial charge in [0.05, 0.1) is 0 Å². The van der Waals surface area contributed by atoms with E-state index >= 15 is 0 Å². The molecule has 0 aromatic rings. The van der Waals surface area contributed by atoms with Crippen LogP contribution in [0.15, 0.2) is 0 Å². The molecule has 0 bridgehead atoms. The Labute approximate surface area is 100 Å². The number of rotatable bonds is 3. The van der Waals surface area contributed by atoms with Gasteiger partial charge in [0, 0.05) is 6.04 Å². The summed E-state index contributed by atoms with van der Waals surface area (Å²) in [7, 11) is 0. The van der Waals surface area contributed by atoms with Crippen LogP contribution in [0.5, 0.6) is 0 Å². The van der Waals surface area contributed by atoms with Crippen molar-refractivity contribution in [3.8, 4) is 0 Å². The van der Waals surface area contributed by atoms with Gasteiger partial charge in [0.25, 0.3) is 0 Å². The molecule has 0 aromatic carbocycles. The van der Waals surface area contributed by atoms with Crippen LogP contribution in [0.4, 0.5) is 0 Å². The summed E-state index contributed by atoms with van der Waals surface area (Å²) in [4.78, 5) is 0. The molecule has 0 radical (unpaired) electrons. The lowest BCUT2D eigenvalue weighted by Gasteiger charge is -2.32. The van der Waals surface area contributed by atoms with Crippen molar-refractivity contribution in [1.82, 2.24) is 0 Å². The van der Waals surface area contributed by atoms with Crippen LogP contribution in [0.3, 0.4) is 0 Å². The molecular formula is C15H27N. The van der Waals surface area contributed by atoms with E-state index in [0.29, 0.717) is 6.04 Å². The molecule has 0 aromatic heterocycles. The Kier molecular flexibility index (Phi) is 2.99. The second-order valence-corrected chi connectivity index (χ2v) is 6.60. The lowest BCUT2D eigenvalue weighted by molar-refractivity contribution is 0.218. The highest BCUT2D eigenvalue weighted by Crippen LogP contribution is 2.60. The van der Waals surface area contributed by atoms with Gasteiger partial charge < -0.3 is 5.73 Å². The maximum atomic E-state index is 6.53. The number of hydrogen-bond acceptors (Lipinski definition) is 1. The molecule has 3 unspecified atom stereocenters. The largest absolute Gasteiger partial charge is 0.327 e. The SMILES string of the molecule is CCC1CCC(C(N)C2C3CCCC32)CC1. The maximum absolute atomic E-state index is 6.53. The van der Waals surface area contributed by atoms with E-state index in [1.54, 1.807) is 0 Å². The van der Waals surface area contributed by atoms with Gasteiger partial charge in [0.1, 0.15) is 0 Å². The lowest BCUT2D eigenvalue weighted by Crippen LogP contribution is -2.36. The molecule has 0 aliphatic heterocycles. The Balaban J connectivity index is 1.51. The topological polar surface area (TPSA) is 26.0 Å². The van der Waals surface area contributed by atoms with E-state index in [4.69, 9.17) is 5.73 Å². The second-order valence-electron chi connectivity index (χ2n) is 6.60. The van der Waals surface area contributed by atoms with Gasteiger partial charge in [-0.15, -0.1) is 0 Å². The summed E-state index contributed by atoms with van der Waals surface area (Å²) in [6.07, 6.45) is 11.6. The first-order valence-electron chi connectivity index (χ1n) is 7.56. The first kappa shape index (κ1) is 11.1. The summed E-state index contributed by atoms with van der Waals surface area (Å²) in [5.41, 5.74) is 6.53. The second kappa shape index (κ2) is 4.33. The summed E-state index contributed by atoms with van der Waals surface area (Å²) in [6, 6.07) is 0.563. The normalized spacial score (nSPS) is 48.8. The third-order valence-corrected chi connectivity index (χ3v) is 5.93. The van der Waals surface area contributed by atoms with Crippen LogP contribution in [0, 0.1) is 29.6 Å². The number of nitrogens with two attached hydrogens (primary N) is 1. The molecule has 0 heterocycles. The Hall–Kier alpha value is -0.0400. The van der Waals surface area contributed by atoms with Crippen molar-refractivity contribution < 1.29 is 0 Å². The van der Waals surface area contributed by atoms with Crippen molar-refractivity contribution >= 4 is 0 Å². The minimum absolute atomic E-state index is 0.563. The molecule has 0 amide bonds. The van der Waals surface area contributed by atoms with Crippen molar-refractivity contribution in [2.45, 2.75) is 64.3 Å². The molecule has 1 heteroatoms. The van der Waals surface area contributed by atoms with Gasteiger partial charge in [-0.3, -0.25) is 0 Å². The lowest BCUT2D eigenvalue weighted by atomic mass is 9.76. The molecule has 16 heavy (non-hydrogen) atoms. The van der Waals surface area contributed by atoms with Gasteiger partial charge >= 0.3 is 0 Å². The molecule has 3 fully saturated rings. The smallest absolute Gasteiger partial charge is 0.0101 e. The summed E-state index contributed by atoms with van der Waals surface area (Å²) in [6.45, 7) is 2.34. The molecule has 3 aliphatic carbocycles. The summed E-state index contributed by atoms with van der Waals surface area (Å²) in [5, 5.41) is 0. The van der Waals surface area contributed by atoms with E-state index in [9.17, 15) is 0 Å². The fourth-order valence-electron chi connectivity index (χ4n) is 4.74. The number of hydrogen-bond donors (Lipinski definition) is 1. The van der Waals surface area contributed by atoms with Crippen LogP contribution in [0.2, 0.25) is 0 Å². The van der Waals surface area contributed by atoms with E-state index in [0.717, 1.165) is 29.6 Å². The monoisotopic (exact) mass is 221 g/mol. The van der Waals surface area contributed by atoms with Gasteiger partial charge in [-0.05, 0) is 55.3 Å². The fourth-order valence-corrected chi connectivity index (χ4v) is 4.74. The summed E-state index contributed by atoms with van der Waals surface area (Å²) < 4.78 is 0. The van der Waals surface area contributed by atoms with Crippen LogP contribution in [0.25, 0.3) is 0 Å². The predicted molar refractivity (Wildman–Crippen MR) is 68.0 cm³/mol. The molecule has 3 rings (SSSR count). The average Bonchev–Trinajstić information content (AvgIpc) is 2.81. The van der Waals surface area contributed by atoms with E-state index in [1.807, 2.05) is 0 Å². The Morgan fingerprint density at radius 1 is 1.00 bits per heavy atom. The molecule has 3 aliphatic rings. The highest BCUT2D eigenvalue weighted by Gasteiger charge is 2.56. The zero-order valence-corrected chi connectivity index (χ0v) is 10.7. The van der Waals surface area contributed by atoms with Crippen LogP contribution < -0.4 is 5.73 Å². The Morgan fingerprint density at radius 2 is 1.62 bits per heavy atom.